The maximum atomic E-state index is 14.1. The van der Waals surface area contributed by atoms with Gasteiger partial charge in [-0.15, -0.1) is 0 Å². The SMILES string of the molecule is C=CCOc1cc(O[C@@H]2C[C@H]3C(=O)N[C@]4(C(=O)O)C[C@H]4/C=C\CCCC[C@H](NC(=O)OC4CCCC4)CC(=O)N3C2)c2ccc(OC)c(Br)c2n1. The summed E-state index contributed by atoms with van der Waals surface area (Å²) in [6.45, 7) is 3.97. The van der Waals surface area contributed by atoms with Crippen molar-refractivity contribution in [3.63, 3.8) is 0 Å². The Kier molecular flexibility index (Phi) is 11.4. The number of aliphatic carboxylic acids is 1. The van der Waals surface area contributed by atoms with E-state index in [4.69, 9.17) is 18.9 Å². The number of nitrogens with one attached hydrogen (secondary N) is 2. The Labute approximate surface area is 305 Å². The highest BCUT2D eigenvalue weighted by atomic mass is 79.9. The Morgan fingerprint density at radius 2 is 1.94 bits per heavy atom. The van der Waals surface area contributed by atoms with Gasteiger partial charge in [0.2, 0.25) is 17.7 Å². The smallest absolute Gasteiger partial charge is 0.407 e. The van der Waals surface area contributed by atoms with E-state index in [1.54, 1.807) is 25.3 Å². The van der Waals surface area contributed by atoms with Crippen molar-refractivity contribution in [3.05, 3.63) is 47.5 Å². The maximum absolute atomic E-state index is 14.1. The third-order valence-corrected chi connectivity index (χ3v) is 10.9. The molecule has 1 aromatic carbocycles. The summed E-state index contributed by atoms with van der Waals surface area (Å²) < 4.78 is 24.0. The Bertz CT molecular complexity index is 1700. The molecule has 14 heteroatoms. The lowest BCUT2D eigenvalue weighted by Gasteiger charge is -2.27. The molecule has 0 spiro atoms. The van der Waals surface area contributed by atoms with Crippen molar-refractivity contribution < 1.29 is 43.2 Å². The van der Waals surface area contributed by atoms with Crippen LogP contribution in [0.2, 0.25) is 0 Å². The van der Waals surface area contributed by atoms with Gasteiger partial charge in [0.05, 0.1) is 23.6 Å². The third kappa shape index (κ3) is 8.26. The van der Waals surface area contributed by atoms with E-state index in [0.29, 0.717) is 39.7 Å². The number of allylic oxidation sites excluding steroid dienone is 1. The fraction of sp³-hybridized carbons (Fsp3) is 0.541. The van der Waals surface area contributed by atoms with E-state index >= 15 is 0 Å². The molecule has 2 aliphatic heterocycles. The summed E-state index contributed by atoms with van der Waals surface area (Å²) in [4.78, 5) is 59.5. The van der Waals surface area contributed by atoms with E-state index in [2.05, 4.69) is 38.1 Å². The zero-order valence-corrected chi connectivity index (χ0v) is 30.3. The number of fused-ring (bicyclic) bond motifs is 3. The second-order valence-electron chi connectivity index (χ2n) is 13.7. The predicted octanol–water partition coefficient (Wildman–Crippen LogP) is 5.44. The summed E-state index contributed by atoms with van der Waals surface area (Å²) in [5, 5.41) is 16.5. The highest BCUT2D eigenvalue weighted by Crippen LogP contribution is 2.46. The minimum absolute atomic E-state index is 0.0523. The van der Waals surface area contributed by atoms with Gasteiger partial charge in [-0.3, -0.25) is 9.59 Å². The summed E-state index contributed by atoms with van der Waals surface area (Å²) in [6.07, 6.45) is 10.9. The molecule has 0 unspecified atom stereocenters. The number of amides is 3. The second-order valence-corrected chi connectivity index (χ2v) is 14.5. The van der Waals surface area contributed by atoms with E-state index in [1.165, 1.54) is 4.90 Å². The van der Waals surface area contributed by atoms with E-state index < -0.39 is 41.7 Å². The second kappa shape index (κ2) is 15.9. The van der Waals surface area contributed by atoms with Crippen LogP contribution in [0.4, 0.5) is 4.79 Å². The van der Waals surface area contributed by atoms with Gasteiger partial charge in [-0.1, -0.05) is 31.2 Å². The number of pyridine rings is 1. The van der Waals surface area contributed by atoms with Crippen LogP contribution in [-0.2, 0) is 19.1 Å². The molecule has 3 heterocycles. The normalized spacial score (nSPS) is 27.6. The maximum Gasteiger partial charge on any atom is 0.407 e. The van der Waals surface area contributed by atoms with E-state index in [0.717, 1.165) is 38.5 Å². The molecule has 0 bridgehead atoms. The molecule has 5 atom stereocenters. The molecule has 2 saturated carbocycles. The van der Waals surface area contributed by atoms with Gasteiger partial charge in [-0.2, -0.15) is 0 Å². The fourth-order valence-corrected chi connectivity index (χ4v) is 7.93. The first-order valence-electron chi connectivity index (χ1n) is 17.7. The molecule has 1 saturated heterocycles. The molecule has 274 valence electrons. The number of carboxylic acids is 1. The Hall–Kier alpha value is -4.33. The van der Waals surface area contributed by atoms with E-state index in [1.807, 2.05) is 18.2 Å². The number of carboxylic acid groups (broad SMARTS) is 1. The van der Waals surface area contributed by atoms with Crippen molar-refractivity contribution in [1.82, 2.24) is 20.5 Å². The number of rotatable bonds is 9. The van der Waals surface area contributed by atoms with Gasteiger partial charge >= 0.3 is 12.1 Å². The van der Waals surface area contributed by atoms with Crippen LogP contribution in [0.1, 0.15) is 70.6 Å². The van der Waals surface area contributed by atoms with Crippen LogP contribution in [0.25, 0.3) is 10.9 Å². The molecule has 3 fully saturated rings. The van der Waals surface area contributed by atoms with E-state index in [9.17, 15) is 24.3 Å². The lowest BCUT2D eigenvalue weighted by molar-refractivity contribution is -0.145. The molecule has 2 aliphatic carbocycles. The van der Waals surface area contributed by atoms with Gasteiger partial charge in [0.15, 0.2) is 0 Å². The minimum Gasteiger partial charge on any atom is -0.495 e. The minimum atomic E-state index is -1.43. The van der Waals surface area contributed by atoms with Crippen LogP contribution in [0.5, 0.6) is 17.4 Å². The number of nitrogens with zero attached hydrogens (tertiary/aromatic N) is 2. The van der Waals surface area contributed by atoms with Crippen LogP contribution in [0.15, 0.2) is 47.5 Å². The molecule has 2 aromatic rings. The summed E-state index contributed by atoms with van der Waals surface area (Å²) in [5.41, 5.74) is -0.901. The number of aromatic nitrogens is 1. The molecule has 51 heavy (non-hydrogen) atoms. The lowest BCUT2D eigenvalue weighted by Crippen LogP contribution is -2.53. The third-order valence-electron chi connectivity index (χ3n) is 10.2. The first kappa shape index (κ1) is 36.5. The van der Waals surface area contributed by atoms with Crippen molar-refractivity contribution in [2.24, 2.45) is 5.92 Å². The monoisotopic (exact) mass is 768 g/mol. The Morgan fingerprint density at radius 1 is 1.16 bits per heavy atom. The summed E-state index contributed by atoms with van der Waals surface area (Å²) in [7, 11) is 1.55. The molecule has 3 amide bonds. The van der Waals surface area contributed by atoms with Gasteiger partial charge < -0.3 is 39.6 Å². The zero-order valence-electron chi connectivity index (χ0n) is 28.7. The number of carbonyl (C=O) groups is 4. The Balaban J connectivity index is 1.28. The van der Waals surface area contributed by atoms with Crippen LogP contribution < -0.4 is 24.8 Å². The fourth-order valence-electron chi connectivity index (χ4n) is 7.34. The topological polar surface area (TPSA) is 166 Å². The molecule has 1 aromatic heterocycles. The molecule has 6 rings (SSSR count). The standard InChI is InChI=1S/C37H45BrN4O9/c1-3-16-49-30-19-29(26-14-15-28(48-2)32(38)33(26)40-30)50-25-18-27-34(44)41-37(35(45)46)20-22(37)10-6-4-5-7-11-23(17-31(43)42(27)21-25)39-36(47)51-24-12-8-9-13-24/h3,6,10,14-15,19,22-25,27H,1,4-5,7-9,11-13,16-18,20-21H2,2H3,(H,39,47)(H,41,44)(H,45,46)/b10-6-/t22-,23+,25-,27+,37-/m1/s1. The van der Waals surface area contributed by atoms with Crippen molar-refractivity contribution in [2.45, 2.75) is 100 Å². The average Bonchev–Trinajstić information content (AvgIpc) is 3.38. The number of ether oxygens (including phenoxy) is 4. The van der Waals surface area contributed by atoms with Crippen LogP contribution in [0.3, 0.4) is 0 Å². The number of halogens is 1. The largest absolute Gasteiger partial charge is 0.495 e. The number of hydrogen-bond donors (Lipinski definition) is 3. The van der Waals surface area contributed by atoms with Crippen molar-refractivity contribution in [2.75, 3.05) is 20.3 Å². The van der Waals surface area contributed by atoms with Gasteiger partial charge in [0, 0.05) is 36.3 Å². The van der Waals surface area contributed by atoms with Gasteiger partial charge in [0.1, 0.15) is 41.9 Å². The quantitative estimate of drug-likeness (QED) is 0.280. The van der Waals surface area contributed by atoms with Crippen LogP contribution >= 0.6 is 15.9 Å². The number of carbonyl (C=O) groups excluding carboxylic acids is 3. The first-order valence-corrected chi connectivity index (χ1v) is 18.5. The molecule has 3 N–H and O–H groups in total. The molecular weight excluding hydrogens is 724 g/mol. The summed E-state index contributed by atoms with van der Waals surface area (Å²) >= 11 is 3.57. The average molecular weight is 770 g/mol. The van der Waals surface area contributed by atoms with Gasteiger partial charge in [-0.05, 0) is 79.4 Å². The number of benzene rings is 1. The molecule has 13 nitrogen and oxygen atoms in total. The van der Waals surface area contributed by atoms with Gasteiger partial charge in [-0.25, -0.2) is 14.6 Å². The molecule has 0 radical (unpaired) electrons. The lowest BCUT2D eigenvalue weighted by atomic mass is 10.0. The number of hydrogen-bond acceptors (Lipinski definition) is 9. The van der Waals surface area contributed by atoms with Crippen molar-refractivity contribution in [1.29, 1.82) is 0 Å². The van der Waals surface area contributed by atoms with Crippen molar-refractivity contribution in [3.8, 4) is 17.4 Å². The van der Waals surface area contributed by atoms with Crippen molar-refractivity contribution >= 4 is 50.7 Å². The van der Waals surface area contributed by atoms with E-state index in [-0.39, 0.29) is 56.2 Å². The summed E-state index contributed by atoms with van der Waals surface area (Å²) in [6, 6.07) is 3.72. The Morgan fingerprint density at radius 3 is 2.69 bits per heavy atom. The number of alkyl carbamates (subject to hydrolysis) is 1. The first-order chi connectivity index (χ1) is 24.6. The predicted molar refractivity (Wildman–Crippen MR) is 191 cm³/mol. The number of methoxy groups -OCH3 is 1. The molecule has 4 aliphatic rings. The highest BCUT2D eigenvalue weighted by molar-refractivity contribution is 9.10. The summed E-state index contributed by atoms with van der Waals surface area (Å²) in [5.74, 6) is -1.11. The highest BCUT2D eigenvalue weighted by Gasteiger charge is 2.61. The van der Waals surface area contributed by atoms with Crippen LogP contribution in [0, 0.1) is 5.92 Å². The van der Waals surface area contributed by atoms with Gasteiger partial charge in [0.25, 0.3) is 0 Å². The zero-order chi connectivity index (χ0) is 36.1. The molecular formula is C37H45BrN4O9. The van der Waals surface area contributed by atoms with Crippen LogP contribution in [-0.4, -0.2) is 89.0 Å².